The summed E-state index contributed by atoms with van der Waals surface area (Å²) in [4.78, 5) is 0. The lowest BCUT2D eigenvalue weighted by Gasteiger charge is -2.28. The minimum atomic E-state index is -1.38. The van der Waals surface area contributed by atoms with Gasteiger partial charge in [0.05, 0.1) is 8.07 Å². The van der Waals surface area contributed by atoms with E-state index in [2.05, 4.69) is 74.7 Å². The molecule has 0 bridgehead atoms. The van der Waals surface area contributed by atoms with Crippen LogP contribution >= 0.6 is 0 Å². The van der Waals surface area contributed by atoms with Crippen LogP contribution in [0.5, 0.6) is 0 Å². The summed E-state index contributed by atoms with van der Waals surface area (Å²) < 4.78 is 2.37. The van der Waals surface area contributed by atoms with Crippen molar-refractivity contribution in [3.63, 3.8) is 0 Å². The molecular weight excluding hydrogens is 306 g/mol. The van der Waals surface area contributed by atoms with Gasteiger partial charge in [-0.05, 0) is 42.5 Å². The van der Waals surface area contributed by atoms with Gasteiger partial charge < -0.3 is 0 Å². The van der Waals surface area contributed by atoms with Crippen LogP contribution < -0.4 is 9.75 Å². The molecule has 0 aliphatic heterocycles. The Bertz CT molecular complexity index is 721. The van der Waals surface area contributed by atoms with Gasteiger partial charge >= 0.3 is 0 Å². The second-order valence-electron chi connectivity index (χ2n) is 8.54. The second kappa shape index (κ2) is 6.83. The summed E-state index contributed by atoms with van der Waals surface area (Å²) in [5, 5.41) is 1.67. The number of hydrogen-bond donors (Lipinski definition) is 0. The van der Waals surface area contributed by atoms with Crippen molar-refractivity contribution in [1.82, 2.24) is 0 Å². The van der Waals surface area contributed by atoms with E-state index in [4.69, 9.17) is 0 Å². The molecule has 2 heteroatoms. The summed E-state index contributed by atoms with van der Waals surface area (Å²) in [6.45, 7) is 9.71. The summed E-state index contributed by atoms with van der Waals surface area (Å²) in [7, 11) is 0.845. The Morgan fingerprint density at radius 1 is 1.00 bits per heavy atom. The van der Waals surface area contributed by atoms with E-state index in [-0.39, 0.29) is 0 Å². The highest BCUT2D eigenvalue weighted by Gasteiger charge is 2.30. The number of hydrogen-bond acceptors (Lipinski definition) is 0. The minimum Gasteiger partial charge on any atom is -0.201 e. The maximum atomic E-state index is 2.53. The van der Waals surface area contributed by atoms with E-state index in [0.717, 1.165) is 5.92 Å². The van der Waals surface area contributed by atoms with Gasteiger partial charge in [0.2, 0.25) is 5.69 Å². The van der Waals surface area contributed by atoms with Crippen molar-refractivity contribution in [2.24, 2.45) is 7.05 Å². The first kappa shape index (κ1) is 17.4. The first-order valence-electron chi connectivity index (χ1n) is 9.48. The van der Waals surface area contributed by atoms with Crippen molar-refractivity contribution < 1.29 is 4.57 Å². The molecule has 128 valence electrons. The van der Waals surface area contributed by atoms with E-state index in [1.165, 1.54) is 48.9 Å². The highest BCUT2D eigenvalue weighted by atomic mass is 28.3. The molecule has 2 aromatic rings. The fraction of sp³-hybridized carbons (Fsp3) is 0.500. The molecule has 1 fully saturated rings. The second-order valence-corrected chi connectivity index (χ2v) is 13.6. The molecule has 0 radical (unpaired) electrons. The maximum absolute atomic E-state index is 2.53. The average molecular weight is 339 g/mol. The van der Waals surface area contributed by atoms with E-state index in [0.29, 0.717) is 0 Å². The number of rotatable bonds is 3. The first-order chi connectivity index (χ1) is 11.4. The van der Waals surface area contributed by atoms with E-state index in [1.54, 1.807) is 10.8 Å². The Kier molecular flexibility index (Phi) is 4.96. The predicted octanol–water partition coefficient (Wildman–Crippen LogP) is 5.08. The first-order valence-corrected chi connectivity index (χ1v) is 13.0. The van der Waals surface area contributed by atoms with Gasteiger partial charge in [-0.15, -0.1) is 0 Å². The molecule has 1 nitrogen and oxygen atoms in total. The van der Waals surface area contributed by atoms with Crippen molar-refractivity contribution in [3.8, 4) is 11.3 Å². The molecule has 0 amide bonds. The normalized spacial score (nSPS) is 16.4. The van der Waals surface area contributed by atoms with Crippen LogP contribution in [0.3, 0.4) is 0 Å². The maximum Gasteiger partial charge on any atom is 0.212 e. The van der Waals surface area contributed by atoms with Crippen LogP contribution in [-0.4, -0.2) is 8.07 Å². The Morgan fingerprint density at radius 3 is 2.29 bits per heavy atom. The molecule has 1 heterocycles. The zero-order valence-electron chi connectivity index (χ0n) is 16.0. The summed E-state index contributed by atoms with van der Waals surface area (Å²) in [5.41, 5.74) is 5.74. The third kappa shape index (κ3) is 3.49. The molecule has 24 heavy (non-hydrogen) atoms. The van der Waals surface area contributed by atoms with Gasteiger partial charge in [0.15, 0.2) is 6.20 Å². The van der Waals surface area contributed by atoms with E-state index < -0.39 is 8.07 Å². The topological polar surface area (TPSA) is 3.88 Å². The van der Waals surface area contributed by atoms with Crippen molar-refractivity contribution in [2.45, 2.75) is 64.6 Å². The zero-order chi connectivity index (χ0) is 17.3. The standard InChI is InChI=1S/C22H32NSi/c1-17-11-9-10-14-19(17)21-15-22(24(3,4)5)20(16-23(21)2)18-12-7-6-8-13-18/h9-11,14-16,18H,6-8,12-13H2,1-5H3/q+1. The third-order valence-corrected chi connectivity index (χ3v) is 7.63. The average Bonchev–Trinajstić information content (AvgIpc) is 2.55. The SMILES string of the molecule is Cc1ccccc1-c1cc([Si](C)(C)C)c(C2CCCCC2)c[n+]1C. The smallest absolute Gasteiger partial charge is 0.201 e. The molecule has 1 aromatic heterocycles. The number of aryl methyl sites for hydroxylation is 2. The predicted molar refractivity (Wildman–Crippen MR) is 107 cm³/mol. The van der Waals surface area contributed by atoms with Gasteiger partial charge in [0.25, 0.3) is 0 Å². The molecular formula is C22H32NSi+. The number of nitrogens with zero attached hydrogens (tertiary/aromatic N) is 1. The molecule has 1 aliphatic carbocycles. The van der Waals surface area contributed by atoms with Crippen molar-refractivity contribution in [1.29, 1.82) is 0 Å². The quantitative estimate of drug-likeness (QED) is 0.543. The molecule has 0 unspecified atom stereocenters. The van der Waals surface area contributed by atoms with E-state index in [1.807, 2.05) is 0 Å². The van der Waals surface area contributed by atoms with E-state index in [9.17, 15) is 0 Å². The van der Waals surface area contributed by atoms with Crippen LogP contribution in [0.2, 0.25) is 19.6 Å². The van der Waals surface area contributed by atoms with Gasteiger partial charge in [-0.2, -0.15) is 0 Å². The van der Waals surface area contributed by atoms with Crippen LogP contribution in [0.4, 0.5) is 0 Å². The monoisotopic (exact) mass is 338 g/mol. The number of aromatic nitrogens is 1. The highest BCUT2D eigenvalue weighted by Crippen LogP contribution is 2.33. The van der Waals surface area contributed by atoms with Crippen molar-refractivity contribution in [3.05, 3.63) is 47.7 Å². The fourth-order valence-electron chi connectivity index (χ4n) is 4.19. The molecule has 1 saturated carbocycles. The third-order valence-electron chi connectivity index (χ3n) is 5.58. The molecule has 1 aromatic carbocycles. The Balaban J connectivity index is 2.15. The summed E-state index contributed by atoms with van der Waals surface area (Å²) in [6.07, 6.45) is 9.44. The van der Waals surface area contributed by atoms with E-state index >= 15 is 0 Å². The summed E-state index contributed by atoms with van der Waals surface area (Å²) in [5.74, 6) is 0.776. The highest BCUT2D eigenvalue weighted by molar-refractivity contribution is 6.89. The summed E-state index contributed by atoms with van der Waals surface area (Å²) in [6, 6.07) is 11.3. The zero-order valence-corrected chi connectivity index (χ0v) is 17.0. The fourth-order valence-corrected chi connectivity index (χ4v) is 5.89. The van der Waals surface area contributed by atoms with Crippen LogP contribution in [-0.2, 0) is 7.05 Å². The lowest BCUT2D eigenvalue weighted by molar-refractivity contribution is -0.660. The van der Waals surface area contributed by atoms with Crippen molar-refractivity contribution in [2.75, 3.05) is 0 Å². The van der Waals surface area contributed by atoms with Crippen molar-refractivity contribution >= 4 is 13.3 Å². The lowest BCUT2D eigenvalue weighted by Crippen LogP contribution is -2.45. The minimum absolute atomic E-state index is 0.776. The Hall–Kier alpha value is -1.41. The van der Waals surface area contributed by atoms with Crippen LogP contribution in [0.25, 0.3) is 11.3 Å². The molecule has 3 rings (SSSR count). The van der Waals surface area contributed by atoms with Gasteiger partial charge in [0, 0.05) is 17.2 Å². The van der Waals surface area contributed by atoms with Gasteiger partial charge in [-0.3, -0.25) is 0 Å². The summed E-state index contributed by atoms with van der Waals surface area (Å²) >= 11 is 0. The van der Waals surface area contributed by atoms with Gasteiger partial charge in [-0.1, -0.05) is 57.1 Å². The largest absolute Gasteiger partial charge is 0.212 e. The molecule has 1 aliphatic rings. The molecule has 0 saturated heterocycles. The number of benzene rings is 1. The number of pyridine rings is 1. The molecule has 0 spiro atoms. The molecule has 0 atom stereocenters. The van der Waals surface area contributed by atoms with Crippen LogP contribution in [0, 0.1) is 6.92 Å². The van der Waals surface area contributed by atoms with Gasteiger partial charge in [0.1, 0.15) is 7.05 Å². The lowest BCUT2D eigenvalue weighted by atomic mass is 9.84. The van der Waals surface area contributed by atoms with Crippen LogP contribution in [0.1, 0.15) is 49.1 Å². The Labute approximate surface area is 148 Å². The van der Waals surface area contributed by atoms with Crippen LogP contribution in [0.15, 0.2) is 36.5 Å². The van der Waals surface area contributed by atoms with Gasteiger partial charge in [-0.25, -0.2) is 4.57 Å². The molecule has 0 N–H and O–H groups in total. The Morgan fingerprint density at radius 2 is 1.67 bits per heavy atom.